The zero-order valence-electron chi connectivity index (χ0n) is 20.7. The van der Waals surface area contributed by atoms with E-state index in [0.29, 0.717) is 0 Å². The first-order chi connectivity index (χ1) is 19.2. The third kappa shape index (κ3) is 15.4. The van der Waals surface area contributed by atoms with E-state index < -0.39 is 72.5 Å². The third-order valence-electron chi connectivity index (χ3n) is 4.30. The Balaban J connectivity index is 0.000000608. The van der Waals surface area contributed by atoms with Crippen molar-refractivity contribution in [1.29, 1.82) is 0 Å². The van der Waals surface area contributed by atoms with Crippen LogP contribution in [-0.4, -0.2) is 53.2 Å². The van der Waals surface area contributed by atoms with Crippen molar-refractivity contribution < 1.29 is 107 Å². The molecule has 3 aromatic rings. The Morgan fingerprint density at radius 2 is 0.674 bits per heavy atom. The molecule has 237 valence electrons. The molecular formula is C24H15F9O6S3Tb. The average molecular weight is 825 g/mol. The molecule has 0 saturated carbocycles. The fourth-order valence-corrected chi connectivity index (χ4v) is 4.30. The molecule has 0 aliphatic carbocycles. The van der Waals surface area contributed by atoms with Gasteiger partial charge in [0.1, 0.15) is 0 Å². The first kappa shape index (κ1) is 40.8. The first-order valence-electron chi connectivity index (χ1n) is 10.7. The molecule has 3 heterocycles. The smallest absolute Gasteiger partial charge is 0.293 e. The Morgan fingerprint density at radius 1 is 0.465 bits per heavy atom. The van der Waals surface area contributed by atoms with Gasteiger partial charge < -0.3 is 0 Å². The summed E-state index contributed by atoms with van der Waals surface area (Å²) in [7, 11) is 0. The summed E-state index contributed by atoms with van der Waals surface area (Å²) in [5.74, 6) is -8.38. The van der Waals surface area contributed by atoms with Crippen LogP contribution in [0, 0.1) is 38.6 Å². The summed E-state index contributed by atoms with van der Waals surface area (Å²) < 4.78 is 106. The van der Waals surface area contributed by atoms with Crippen molar-refractivity contribution in [3.63, 3.8) is 0 Å². The van der Waals surface area contributed by atoms with Gasteiger partial charge in [-0.15, -0.1) is 34.0 Å². The summed E-state index contributed by atoms with van der Waals surface area (Å²) in [5.41, 5.74) is 0. The minimum atomic E-state index is -4.92. The minimum Gasteiger partial charge on any atom is -0.293 e. The van der Waals surface area contributed by atoms with Gasteiger partial charge in [0.25, 0.3) is 0 Å². The summed E-state index contributed by atoms with van der Waals surface area (Å²) in [6.45, 7) is 0. The van der Waals surface area contributed by atoms with E-state index in [0.717, 1.165) is 34.0 Å². The molecule has 3 rings (SSSR count). The fraction of sp³-hybridized carbons (Fsp3) is 0.250. The van der Waals surface area contributed by atoms with Crippen molar-refractivity contribution in [2.24, 2.45) is 0 Å². The Labute approximate surface area is 278 Å². The van der Waals surface area contributed by atoms with Crippen molar-refractivity contribution in [2.75, 3.05) is 0 Å². The molecule has 0 aliphatic rings. The maximum Gasteiger partial charge on any atom is 0.450 e. The van der Waals surface area contributed by atoms with E-state index in [2.05, 4.69) is 0 Å². The second-order valence-corrected chi connectivity index (χ2v) is 10.3. The van der Waals surface area contributed by atoms with Crippen LogP contribution in [0.1, 0.15) is 48.3 Å². The Kier molecular flexibility index (Phi) is 17.0. The fourth-order valence-electron chi connectivity index (χ4n) is 2.31. The van der Waals surface area contributed by atoms with Crippen LogP contribution in [0.4, 0.5) is 39.5 Å². The number of thiophene rings is 3. The number of hydrogen-bond acceptors (Lipinski definition) is 9. The summed E-state index contributed by atoms with van der Waals surface area (Å²) in [6, 6.07) is 8.77. The summed E-state index contributed by atoms with van der Waals surface area (Å²) in [4.78, 5) is 65.0. The molecule has 0 N–H and O–H groups in total. The maximum atomic E-state index is 11.8. The standard InChI is InChI=1S/3C8H5F3O2S.Tb/c3*9-8(10,11)7(13)4-5(12)6-2-1-3-14-6;/h3*1-3H,4H2;. The molecule has 6 nitrogen and oxygen atoms in total. The van der Waals surface area contributed by atoms with E-state index in [4.69, 9.17) is 0 Å². The minimum absolute atomic E-state index is 0. The molecule has 0 spiro atoms. The molecule has 19 heteroatoms. The number of carbonyl (C=O) groups excluding carboxylic acids is 6. The van der Waals surface area contributed by atoms with E-state index >= 15 is 0 Å². The molecule has 0 fully saturated rings. The van der Waals surface area contributed by atoms with Crippen LogP contribution in [0.3, 0.4) is 0 Å². The van der Waals surface area contributed by atoms with Gasteiger partial charge in [-0.1, -0.05) is 18.2 Å². The van der Waals surface area contributed by atoms with Crippen molar-refractivity contribution in [3.8, 4) is 0 Å². The van der Waals surface area contributed by atoms with Gasteiger partial charge in [0, 0.05) is 38.6 Å². The topological polar surface area (TPSA) is 102 Å². The van der Waals surface area contributed by atoms with E-state index in [-0.39, 0.29) is 53.2 Å². The van der Waals surface area contributed by atoms with E-state index in [1.807, 2.05) is 0 Å². The molecule has 3 aromatic heterocycles. The zero-order chi connectivity index (χ0) is 32.3. The zero-order valence-corrected chi connectivity index (χ0v) is 25.3. The number of carbonyl (C=O) groups is 6. The molecule has 0 saturated heterocycles. The molecule has 43 heavy (non-hydrogen) atoms. The number of ketones is 6. The van der Waals surface area contributed by atoms with Crippen LogP contribution in [0.5, 0.6) is 0 Å². The van der Waals surface area contributed by atoms with Crippen LogP contribution in [0.2, 0.25) is 0 Å². The molecule has 1 radical (unpaired) electrons. The van der Waals surface area contributed by atoms with Crippen molar-refractivity contribution in [2.45, 2.75) is 37.8 Å². The molecule has 0 amide bonds. The predicted molar refractivity (Wildman–Crippen MR) is 133 cm³/mol. The number of alkyl halides is 9. The second-order valence-electron chi connectivity index (χ2n) is 7.49. The summed E-state index contributed by atoms with van der Waals surface area (Å²) >= 11 is 3.04. The van der Waals surface area contributed by atoms with Gasteiger partial charge in [0.15, 0.2) is 17.3 Å². The number of halogens is 9. The van der Waals surface area contributed by atoms with E-state index in [9.17, 15) is 68.3 Å². The second kappa shape index (κ2) is 17.9. The average Bonchev–Trinajstić information content (AvgIpc) is 3.66. The number of hydrogen-bond donors (Lipinski definition) is 0. The van der Waals surface area contributed by atoms with Gasteiger partial charge >= 0.3 is 18.5 Å². The monoisotopic (exact) mass is 825 g/mol. The third-order valence-corrected chi connectivity index (χ3v) is 7.03. The van der Waals surface area contributed by atoms with Gasteiger partial charge in [-0.3, -0.25) is 28.8 Å². The van der Waals surface area contributed by atoms with Gasteiger partial charge in [-0.25, -0.2) is 0 Å². The quantitative estimate of drug-likeness (QED) is 0.127. The molecule has 0 aromatic carbocycles. The maximum absolute atomic E-state index is 11.8. The van der Waals surface area contributed by atoms with E-state index in [1.165, 1.54) is 36.4 Å². The van der Waals surface area contributed by atoms with Crippen LogP contribution in [-0.2, 0) is 14.4 Å². The van der Waals surface area contributed by atoms with Crippen LogP contribution >= 0.6 is 34.0 Å². The van der Waals surface area contributed by atoms with Crippen LogP contribution < -0.4 is 0 Å². The Hall–Kier alpha value is -2.22. The molecule has 0 unspecified atom stereocenters. The normalized spacial score (nSPS) is 11.1. The molecular weight excluding hydrogens is 810 g/mol. The predicted octanol–water partition coefficient (Wildman–Crippen LogP) is 7.36. The van der Waals surface area contributed by atoms with Gasteiger partial charge in [-0.2, -0.15) is 39.5 Å². The SMILES string of the molecule is O=C(CC(=O)C(F)(F)F)c1cccs1.O=C(CC(=O)C(F)(F)F)c1cccs1.O=C(CC(=O)C(F)(F)F)c1cccs1.[Tb]. The van der Waals surface area contributed by atoms with E-state index in [1.54, 1.807) is 16.1 Å². The van der Waals surface area contributed by atoms with Crippen molar-refractivity contribution >= 4 is 68.7 Å². The van der Waals surface area contributed by atoms with Crippen molar-refractivity contribution in [1.82, 2.24) is 0 Å². The summed E-state index contributed by atoms with van der Waals surface area (Å²) in [5, 5.41) is 4.68. The Bertz CT molecular complexity index is 1190. The van der Waals surface area contributed by atoms with Gasteiger partial charge in [0.2, 0.25) is 17.3 Å². The Morgan fingerprint density at radius 3 is 0.814 bits per heavy atom. The van der Waals surface area contributed by atoms with Gasteiger partial charge in [0.05, 0.1) is 33.9 Å². The number of Topliss-reactive ketones (excluding diaryl/α,β-unsaturated/α-hetero) is 6. The van der Waals surface area contributed by atoms with Crippen LogP contribution in [0.15, 0.2) is 52.5 Å². The largest absolute Gasteiger partial charge is 0.450 e. The summed E-state index contributed by atoms with van der Waals surface area (Å²) in [6.07, 6.45) is -18.1. The van der Waals surface area contributed by atoms with Gasteiger partial charge in [-0.05, 0) is 34.3 Å². The van der Waals surface area contributed by atoms with Crippen molar-refractivity contribution in [3.05, 3.63) is 67.2 Å². The first-order valence-corrected chi connectivity index (χ1v) is 13.4. The molecule has 0 bridgehead atoms. The molecule has 0 aliphatic heterocycles. The molecule has 0 atom stereocenters. The number of rotatable bonds is 9. The van der Waals surface area contributed by atoms with Crippen LogP contribution in [0.25, 0.3) is 0 Å².